The van der Waals surface area contributed by atoms with E-state index in [0.29, 0.717) is 6.54 Å². The van der Waals surface area contributed by atoms with Gasteiger partial charge in [0.25, 0.3) is 0 Å². The average molecular weight is 236 g/mol. The van der Waals surface area contributed by atoms with Crippen LogP contribution in [0.3, 0.4) is 0 Å². The fourth-order valence-electron chi connectivity index (χ4n) is 1.66. The summed E-state index contributed by atoms with van der Waals surface area (Å²) in [5.74, 6) is -0.829. The molecule has 0 saturated carbocycles. The van der Waals surface area contributed by atoms with Crippen LogP contribution in [-0.2, 0) is 11.2 Å². The van der Waals surface area contributed by atoms with Crippen LogP contribution in [-0.4, -0.2) is 37.8 Å². The first-order valence-electron chi connectivity index (χ1n) is 5.78. The predicted molar refractivity (Wildman–Crippen MR) is 69.6 cm³/mol. The van der Waals surface area contributed by atoms with Crippen LogP contribution in [0.2, 0.25) is 0 Å². The summed E-state index contributed by atoms with van der Waals surface area (Å²) in [6.45, 7) is 2.55. The first kappa shape index (κ1) is 13.5. The summed E-state index contributed by atoms with van der Waals surface area (Å²) >= 11 is 0. The predicted octanol–water partition coefficient (Wildman–Crippen LogP) is 1.36. The molecule has 1 unspecified atom stereocenters. The highest BCUT2D eigenvalue weighted by Crippen LogP contribution is 2.14. The zero-order valence-corrected chi connectivity index (χ0v) is 10.6. The van der Waals surface area contributed by atoms with Crippen molar-refractivity contribution in [2.45, 2.75) is 19.4 Å². The first-order chi connectivity index (χ1) is 8.08. The van der Waals surface area contributed by atoms with Gasteiger partial charge in [0, 0.05) is 19.3 Å². The molecule has 0 aliphatic carbocycles. The molecule has 0 heterocycles. The van der Waals surface area contributed by atoms with E-state index in [1.807, 2.05) is 24.1 Å². The van der Waals surface area contributed by atoms with E-state index < -0.39 is 12.0 Å². The Morgan fingerprint density at radius 1 is 1.41 bits per heavy atom. The van der Waals surface area contributed by atoms with E-state index in [2.05, 4.69) is 24.4 Å². The molecule has 2 N–H and O–H groups in total. The molecule has 0 amide bonds. The molecule has 0 bridgehead atoms. The van der Waals surface area contributed by atoms with Crippen molar-refractivity contribution in [1.29, 1.82) is 0 Å². The number of likely N-dealkylation sites (N-methyl/N-ethyl adjacent to an activating group) is 2. The second-order valence-corrected chi connectivity index (χ2v) is 4.08. The Balaban J connectivity index is 2.68. The van der Waals surface area contributed by atoms with Gasteiger partial charge in [0.05, 0.1) is 0 Å². The summed E-state index contributed by atoms with van der Waals surface area (Å²) in [4.78, 5) is 12.8. The maximum atomic E-state index is 10.9. The number of rotatable bonds is 6. The van der Waals surface area contributed by atoms with Crippen LogP contribution in [0, 0.1) is 0 Å². The number of anilines is 1. The van der Waals surface area contributed by atoms with Crippen LogP contribution in [0.1, 0.15) is 12.5 Å². The summed E-state index contributed by atoms with van der Waals surface area (Å²) in [5, 5.41) is 11.7. The lowest BCUT2D eigenvalue weighted by Crippen LogP contribution is -2.43. The molecule has 1 aromatic rings. The summed E-state index contributed by atoms with van der Waals surface area (Å²) in [6, 6.07) is 7.63. The standard InChI is InChI=1S/C13H20N2O2/c1-4-10-5-7-11(8-6-10)15(3)9-12(14-2)13(16)17/h5-8,12,14H,4,9H2,1-3H3,(H,16,17). The number of benzene rings is 1. The van der Waals surface area contributed by atoms with Gasteiger partial charge in [-0.15, -0.1) is 0 Å². The zero-order valence-electron chi connectivity index (χ0n) is 10.6. The maximum absolute atomic E-state index is 10.9. The summed E-state index contributed by atoms with van der Waals surface area (Å²) in [6.07, 6.45) is 1.01. The van der Waals surface area contributed by atoms with E-state index in [-0.39, 0.29) is 0 Å². The van der Waals surface area contributed by atoms with E-state index in [4.69, 9.17) is 5.11 Å². The second kappa shape index (κ2) is 6.25. The normalized spacial score (nSPS) is 12.2. The van der Waals surface area contributed by atoms with E-state index in [1.165, 1.54) is 5.56 Å². The molecule has 1 aromatic carbocycles. The highest BCUT2D eigenvalue weighted by Gasteiger charge is 2.17. The fourth-order valence-corrected chi connectivity index (χ4v) is 1.66. The number of carboxylic acids is 1. The SMILES string of the molecule is CCc1ccc(N(C)CC(NC)C(=O)O)cc1. The third-order valence-electron chi connectivity index (χ3n) is 2.89. The number of carboxylic acid groups (broad SMARTS) is 1. The molecule has 94 valence electrons. The smallest absolute Gasteiger partial charge is 0.322 e. The van der Waals surface area contributed by atoms with Gasteiger partial charge < -0.3 is 15.3 Å². The second-order valence-electron chi connectivity index (χ2n) is 4.08. The Kier molecular flexibility index (Phi) is 4.97. The summed E-state index contributed by atoms with van der Waals surface area (Å²) in [7, 11) is 3.56. The van der Waals surface area contributed by atoms with Gasteiger partial charge in [0.1, 0.15) is 6.04 Å². The molecule has 4 heteroatoms. The molecule has 0 saturated heterocycles. The number of aryl methyl sites for hydroxylation is 1. The number of nitrogens with zero attached hydrogens (tertiary/aromatic N) is 1. The van der Waals surface area contributed by atoms with Gasteiger partial charge in [0.15, 0.2) is 0 Å². The van der Waals surface area contributed by atoms with Gasteiger partial charge in [-0.2, -0.15) is 0 Å². The van der Waals surface area contributed by atoms with Crippen LogP contribution < -0.4 is 10.2 Å². The zero-order chi connectivity index (χ0) is 12.8. The number of aliphatic carboxylic acids is 1. The van der Waals surface area contributed by atoms with Gasteiger partial charge in [-0.25, -0.2) is 0 Å². The number of hydrogen-bond acceptors (Lipinski definition) is 3. The molecule has 0 aliphatic rings. The Hall–Kier alpha value is -1.55. The van der Waals surface area contributed by atoms with Crippen LogP contribution >= 0.6 is 0 Å². The minimum Gasteiger partial charge on any atom is -0.480 e. The van der Waals surface area contributed by atoms with Crippen LogP contribution in [0.5, 0.6) is 0 Å². The lowest BCUT2D eigenvalue weighted by molar-refractivity contribution is -0.139. The molecule has 4 nitrogen and oxygen atoms in total. The molecular weight excluding hydrogens is 216 g/mol. The van der Waals surface area contributed by atoms with Gasteiger partial charge >= 0.3 is 5.97 Å². The van der Waals surface area contributed by atoms with Gasteiger partial charge in [-0.05, 0) is 31.2 Å². The lowest BCUT2D eigenvalue weighted by atomic mass is 10.1. The van der Waals surface area contributed by atoms with Crippen molar-refractivity contribution in [1.82, 2.24) is 5.32 Å². The highest BCUT2D eigenvalue weighted by molar-refractivity contribution is 5.74. The molecule has 0 aliphatic heterocycles. The van der Waals surface area contributed by atoms with Crippen molar-refractivity contribution < 1.29 is 9.90 Å². The Morgan fingerprint density at radius 3 is 2.41 bits per heavy atom. The Morgan fingerprint density at radius 2 is 2.00 bits per heavy atom. The Bertz CT molecular complexity index is 362. The van der Waals surface area contributed by atoms with E-state index >= 15 is 0 Å². The van der Waals surface area contributed by atoms with E-state index in [1.54, 1.807) is 7.05 Å². The molecule has 17 heavy (non-hydrogen) atoms. The quantitative estimate of drug-likeness (QED) is 0.783. The minimum atomic E-state index is -0.829. The van der Waals surface area contributed by atoms with Crippen LogP contribution in [0.25, 0.3) is 0 Å². The van der Waals surface area contributed by atoms with Crippen molar-refractivity contribution in [2.24, 2.45) is 0 Å². The van der Waals surface area contributed by atoms with E-state index in [9.17, 15) is 4.79 Å². The average Bonchev–Trinajstić information content (AvgIpc) is 2.35. The van der Waals surface area contributed by atoms with Crippen LogP contribution in [0.15, 0.2) is 24.3 Å². The third-order valence-corrected chi connectivity index (χ3v) is 2.89. The number of nitrogens with one attached hydrogen (secondary N) is 1. The molecule has 1 atom stereocenters. The molecule has 1 rings (SSSR count). The highest BCUT2D eigenvalue weighted by atomic mass is 16.4. The van der Waals surface area contributed by atoms with Gasteiger partial charge in [-0.1, -0.05) is 19.1 Å². The first-order valence-corrected chi connectivity index (χ1v) is 5.78. The van der Waals surface area contributed by atoms with Crippen LogP contribution in [0.4, 0.5) is 5.69 Å². The summed E-state index contributed by atoms with van der Waals surface area (Å²) < 4.78 is 0. The molecule has 0 spiro atoms. The third kappa shape index (κ3) is 3.75. The molecular formula is C13H20N2O2. The van der Waals surface area contributed by atoms with E-state index in [0.717, 1.165) is 12.1 Å². The fraction of sp³-hybridized carbons (Fsp3) is 0.462. The maximum Gasteiger partial charge on any atom is 0.322 e. The minimum absolute atomic E-state index is 0.442. The van der Waals surface area contributed by atoms with Crippen molar-refractivity contribution in [3.8, 4) is 0 Å². The van der Waals surface area contributed by atoms with Crippen molar-refractivity contribution in [3.63, 3.8) is 0 Å². The number of carbonyl (C=O) groups is 1. The largest absolute Gasteiger partial charge is 0.480 e. The summed E-state index contributed by atoms with van der Waals surface area (Å²) in [5.41, 5.74) is 2.31. The van der Waals surface area contributed by atoms with Gasteiger partial charge in [0.2, 0.25) is 0 Å². The molecule has 0 radical (unpaired) electrons. The Labute approximate surface area is 102 Å². The monoisotopic (exact) mass is 236 g/mol. The van der Waals surface area contributed by atoms with Crippen molar-refractivity contribution >= 4 is 11.7 Å². The topological polar surface area (TPSA) is 52.6 Å². The lowest BCUT2D eigenvalue weighted by Gasteiger charge is -2.23. The molecule has 0 aromatic heterocycles. The van der Waals surface area contributed by atoms with Gasteiger partial charge in [-0.3, -0.25) is 4.79 Å². The van der Waals surface area contributed by atoms with Crippen molar-refractivity contribution in [3.05, 3.63) is 29.8 Å². The van der Waals surface area contributed by atoms with Crippen molar-refractivity contribution in [2.75, 3.05) is 25.5 Å². The number of hydrogen-bond donors (Lipinski definition) is 2. The molecule has 0 fully saturated rings.